The number of amides is 3. The molecule has 1 aliphatic rings. The van der Waals surface area contributed by atoms with Gasteiger partial charge in [-0.05, 0) is 24.6 Å². The average Bonchev–Trinajstić information content (AvgIpc) is 3.00. The van der Waals surface area contributed by atoms with Gasteiger partial charge in [-0.3, -0.25) is 19.3 Å². The molecule has 162 valence electrons. The summed E-state index contributed by atoms with van der Waals surface area (Å²) in [6, 6.07) is 6.78. The lowest BCUT2D eigenvalue weighted by Gasteiger charge is -2.14. The molecule has 0 spiro atoms. The van der Waals surface area contributed by atoms with Gasteiger partial charge in [-0.15, -0.1) is 0 Å². The summed E-state index contributed by atoms with van der Waals surface area (Å²) in [4.78, 5) is 50.7. The molecule has 0 aromatic heterocycles. The first-order valence-electron chi connectivity index (χ1n) is 9.63. The first kappa shape index (κ1) is 21.8. The fraction of sp³-hybridized carbons (Fsp3) is 0.273. The SMILES string of the molecule is CCCCN1C(=O)c2ccc(C(=O)Nc3cc(OC)c(OC)cc3C(=O)O)cc2C1=O. The van der Waals surface area contributed by atoms with E-state index in [1.807, 2.05) is 6.92 Å². The first-order chi connectivity index (χ1) is 14.8. The summed E-state index contributed by atoms with van der Waals surface area (Å²) in [6.07, 6.45) is 1.52. The summed E-state index contributed by atoms with van der Waals surface area (Å²) in [7, 11) is 2.76. The normalized spacial score (nSPS) is 12.5. The Labute approximate surface area is 178 Å². The van der Waals surface area contributed by atoms with Crippen molar-refractivity contribution in [1.82, 2.24) is 4.90 Å². The smallest absolute Gasteiger partial charge is 0.337 e. The van der Waals surface area contributed by atoms with E-state index < -0.39 is 17.8 Å². The monoisotopic (exact) mass is 426 g/mol. The number of carboxylic acids is 1. The number of methoxy groups -OCH3 is 2. The summed E-state index contributed by atoms with van der Waals surface area (Å²) in [5.41, 5.74) is 0.324. The van der Waals surface area contributed by atoms with Crippen LogP contribution in [0.4, 0.5) is 5.69 Å². The molecule has 0 atom stereocenters. The van der Waals surface area contributed by atoms with Crippen LogP contribution in [0.2, 0.25) is 0 Å². The van der Waals surface area contributed by atoms with Crippen molar-refractivity contribution < 1.29 is 33.8 Å². The van der Waals surface area contributed by atoms with Crippen molar-refractivity contribution >= 4 is 29.4 Å². The molecule has 0 saturated carbocycles. The molecule has 3 rings (SSSR count). The number of ether oxygens (including phenoxy) is 2. The molecule has 3 amide bonds. The number of nitrogens with zero attached hydrogens (tertiary/aromatic N) is 1. The minimum absolute atomic E-state index is 0.00243. The largest absolute Gasteiger partial charge is 0.493 e. The molecule has 0 unspecified atom stereocenters. The fourth-order valence-corrected chi connectivity index (χ4v) is 3.31. The third kappa shape index (κ3) is 4.07. The number of carboxylic acid groups (broad SMARTS) is 1. The van der Waals surface area contributed by atoms with E-state index in [0.717, 1.165) is 6.42 Å². The number of benzene rings is 2. The highest BCUT2D eigenvalue weighted by Crippen LogP contribution is 2.34. The number of anilines is 1. The van der Waals surface area contributed by atoms with Crippen LogP contribution in [0.25, 0.3) is 0 Å². The number of unbranched alkanes of at least 4 members (excludes halogenated alkanes) is 1. The van der Waals surface area contributed by atoms with E-state index in [1.165, 1.54) is 49.5 Å². The Balaban J connectivity index is 1.91. The van der Waals surface area contributed by atoms with Crippen LogP contribution in [0.1, 0.15) is 61.2 Å². The molecule has 2 N–H and O–H groups in total. The van der Waals surface area contributed by atoms with Gasteiger partial charge in [-0.1, -0.05) is 13.3 Å². The molecule has 0 fully saturated rings. The van der Waals surface area contributed by atoms with Crippen molar-refractivity contribution in [2.45, 2.75) is 19.8 Å². The van der Waals surface area contributed by atoms with Gasteiger partial charge < -0.3 is 19.9 Å². The van der Waals surface area contributed by atoms with E-state index in [1.54, 1.807) is 0 Å². The van der Waals surface area contributed by atoms with Gasteiger partial charge >= 0.3 is 5.97 Å². The van der Waals surface area contributed by atoms with Crippen LogP contribution >= 0.6 is 0 Å². The zero-order chi connectivity index (χ0) is 22.7. The number of carbonyl (C=O) groups is 4. The van der Waals surface area contributed by atoms with Gasteiger partial charge in [0, 0.05) is 24.2 Å². The lowest BCUT2D eigenvalue weighted by Crippen LogP contribution is -2.30. The molecule has 9 heteroatoms. The van der Waals surface area contributed by atoms with E-state index in [4.69, 9.17) is 9.47 Å². The van der Waals surface area contributed by atoms with Crippen LogP contribution in [0.5, 0.6) is 11.5 Å². The van der Waals surface area contributed by atoms with Crippen molar-refractivity contribution in [2.24, 2.45) is 0 Å². The van der Waals surface area contributed by atoms with E-state index in [2.05, 4.69) is 5.32 Å². The van der Waals surface area contributed by atoms with E-state index in [0.29, 0.717) is 13.0 Å². The van der Waals surface area contributed by atoms with Crippen LogP contribution in [0.3, 0.4) is 0 Å². The fourth-order valence-electron chi connectivity index (χ4n) is 3.31. The molecule has 9 nitrogen and oxygen atoms in total. The summed E-state index contributed by atoms with van der Waals surface area (Å²) >= 11 is 0. The molecule has 0 saturated heterocycles. The molecule has 0 aliphatic carbocycles. The number of fused-ring (bicyclic) bond motifs is 1. The first-order valence-corrected chi connectivity index (χ1v) is 9.63. The molecule has 1 heterocycles. The van der Waals surface area contributed by atoms with Gasteiger partial charge in [0.05, 0.1) is 36.6 Å². The predicted octanol–water partition coefficient (Wildman–Crippen LogP) is 3.05. The molecule has 1 aliphatic heterocycles. The van der Waals surface area contributed by atoms with Crippen molar-refractivity contribution in [2.75, 3.05) is 26.1 Å². The number of hydrogen-bond acceptors (Lipinski definition) is 6. The lowest BCUT2D eigenvalue weighted by molar-refractivity contribution is 0.0648. The second-order valence-electron chi connectivity index (χ2n) is 6.89. The third-order valence-corrected chi connectivity index (χ3v) is 4.97. The standard InChI is InChI=1S/C22H22N2O7/c1-4-5-8-24-20(26)13-7-6-12(9-14(13)21(24)27)19(25)23-16-11-18(31-3)17(30-2)10-15(16)22(28)29/h6-7,9-11H,4-5,8H2,1-3H3,(H,23,25)(H,28,29). The highest BCUT2D eigenvalue weighted by atomic mass is 16.5. The van der Waals surface area contributed by atoms with Crippen molar-refractivity contribution in [3.63, 3.8) is 0 Å². The van der Waals surface area contributed by atoms with Gasteiger partial charge in [0.2, 0.25) is 0 Å². The minimum Gasteiger partial charge on any atom is -0.493 e. The summed E-state index contributed by atoms with van der Waals surface area (Å²) in [5.74, 6) is -2.29. The Kier molecular flexibility index (Phi) is 6.24. The quantitative estimate of drug-likeness (QED) is 0.622. The van der Waals surface area contributed by atoms with E-state index in [9.17, 15) is 24.3 Å². The minimum atomic E-state index is -1.27. The Morgan fingerprint density at radius 1 is 1.00 bits per heavy atom. The van der Waals surface area contributed by atoms with Crippen molar-refractivity contribution in [3.8, 4) is 11.5 Å². The van der Waals surface area contributed by atoms with Crippen molar-refractivity contribution in [1.29, 1.82) is 0 Å². The van der Waals surface area contributed by atoms with Crippen molar-refractivity contribution in [3.05, 3.63) is 52.6 Å². The van der Waals surface area contributed by atoms with Gasteiger partial charge in [0.15, 0.2) is 11.5 Å². The number of aromatic carboxylic acids is 1. The van der Waals surface area contributed by atoms with Crippen LogP contribution in [0, 0.1) is 0 Å². The van der Waals surface area contributed by atoms with E-state index in [-0.39, 0.29) is 45.3 Å². The van der Waals surface area contributed by atoms with E-state index >= 15 is 0 Å². The lowest BCUT2D eigenvalue weighted by atomic mass is 10.0. The predicted molar refractivity (Wildman–Crippen MR) is 111 cm³/mol. The Morgan fingerprint density at radius 2 is 1.65 bits per heavy atom. The highest BCUT2D eigenvalue weighted by Gasteiger charge is 2.35. The number of imide groups is 1. The Morgan fingerprint density at radius 3 is 2.26 bits per heavy atom. The third-order valence-electron chi connectivity index (χ3n) is 4.97. The number of rotatable bonds is 8. The number of nitrogens with one attached hydrogen (secondary N) is 1. The molecule has 2 aromatic rings. The zero-order valence-electron chi connectivity index (χ0n) is 17.4. The molecule has 31 heavy (non-hydrogen) atoms. The van der Waals surface area contributed by atoms with Gasteiger partial charge in [-0.25, -0.2) is 4.79 Å². The molecular formula is C22H22N2O7. The summed E-state index contributed by atoms with van der Waals surface area (Å²) in [5, 5.41) is 12.0. The molecule has 0 bridgehead atoms. The van der Waals surface area contributed by atoms with Gasteiger partial charge in [-0.2, -0.15) is 0 Å². The second-order valence-corrected chi connectivity index (χ2v) is 6.89. The number of hydrogen-bond donors (Lipinski definition) is 2. The maximum atomic E-state index is 12.8. The topological polar surface area (TPSA) is 122 Å². The number of carbonyl (C=O) groups excluding carboxylic acids is 3. The van der Waals surface area contributed by atoms with Gasteiger partial charge in [0.1, 0.15) is 0 Å². The molecular weight excluding hydrogens is 404 g/mol. The van der Waals surface area contributed by atoms with Crippen LogP contribution in [-0.2, 0) is 0 Å². The maximum Gasteiger partial charge on any atom is 0.337 e. The second kappa shape index (κ2) is 8.86. The Hall–Kier alpha value is -3.88. The zero-order valence-corrected chi connectivity index (χ0v) is 17.4. The average molecular weight is 426 g/mol. The highest BCUT2D eigenvalue weighted by molar-refractivity contribution is 6.22. The molecule has 0 radical (unpaired) electrons. The van der Waals surface area contributed by atoms with Crippen LogP contribution < -0.4 is 14.8 Å². The summed E-state index contributed by atoms with van der Waals surface area (Å²) < 4.78 is 10.3. The van der Waals surface area contributed by atoms with Crippen LogP contribution in [0.15, 0.2) is 30.3 Å². The maximum absolute atomic E-state index is 12.8. The Bertz CT molecular complexity index is 1080. The summed E-state index contributed by atoms with van der Waals surface area (Å²) in [6.45, 7) is 2.28. The molecule has 2 aromatic carbocycles. The van der Waals surface area contributed by atoms with Crippen LogP contribution in [-0.4, -0.2) is 54.5 Å². The van der Waals surface area contributed by atoms with Gasteiger partial charge in [0.25, 0.3) is 17.7 Å².